The third-order valence-corrected chi connectivity index (χ3v) is 6.90. The molecule has 7 heteroatoms. The lowest BCUT2D eigenvalue weighted by Gasteiger charge is -2.18. The van der Waals surface area contributed by atoms with Gasteiger partial charge in [-0.2, -0.15) is 0 Å². The smallest absolute Gasteiger partial charge is 0.339 e. The Bertz CT molecular complexity index is 797. The van der Waals surface area contributed by atoms with Gasteiger partial charge in [0.2, 0.25) is 0 Å². The van der Waals surface area contributed by atoms with Gasteiger partial charge in [-0.15, -0.1) is 0 Å². The van der Waals surface area contributed by atoms with Gasteiger partial charge in [-0.05, 0) is 68.9 Å². The zero-order valence-electron chi connectivity index (χ0n) is 15.4. The van der Waals surface area contributed by atoms with Crippen LogP contribution in [0.5, 0.6) is 0 Å². The van der Waals surface area contributed by atoms with Crippen molar-refractivity contribution in [2.24, 2.45) is 0 Å². The highest BCUT2D eigenvalue weighted by atomic mass is 32.2. The Kier molecular flexibility index (Phi) is 5.56. The molecule has 0 bridgehead atoms. The molecule has 138 valence electrons. The van der Waals surface area contributed by atoms with Crippen molar-refractivity contribution < 1.29 is 22.7 Å². The van der Waals surface area contributed by atoms with Crippen molar-refractivity contribution in [1.29, 1.82) is 0 Å². The number of ether oxygens (including phenoxy) is 1. The Balaban J connectivity index is 2.03. The van der Waals surface area contributed by atoms with Crippen molar-refractivity contribution in [2.45, 2.75) is 47.1 Å². The molecule has 6 nitrogen and oxygen atoms in total. The maximum atomic E-state index is 12.4. The van der Waals surface area contributed by atoms with E-state index in [1.807, 2.05) is 34.6 Å². The molecule has 25 heavy (non-hydrogen) atoms. The van der Waals surface area contributed by atoms with E-state index < -0.39 is 34.4 Å². The minimum atomic E-state index is -3.06. The first-order valence-corrected chi connectivity index (χ1v) is 10.1. The van der Waals surface area contributed by atoms with Gasteiger partial charge in [0.05, 0.1) is 17.1 Å². The van der Waals surface area contributed by atoms with Gasteiger partial charge in [0.1, 0.15) is 0 Å². The Morgan fingerprint density at radius 3 is 2.00 bits per heavy atom. The van der Waals surface area contributed by atoms with Crippen molar-refractivity contribution in [1.82, 2.24) is 5.32 Å². The molecule has 1 aliphatic rings. The normalized spacial score (nSPS) is 18.8. The van der Waals surface area contributed by atoms with Gasteiger partial charge < -0.3 is 10.1 Å². The molecule has 0 spiro atoms. The Labute approximate surface area is 148 Å². The summed E-state index contributed by atoms with van der Waals surface area (Å²) in [7, 11) is -3.06. The van der Waals surface area contributed by atoms with Crippen LogP contribution in [0.15, 0.2) is 0 Å². The van der Waals surface area contributed by atoms with Crippen molar-refractivity contribution in [3.05, 3.63) is 33.4 Å². The minimum absolute atomic E-state index is 0.0543. The quantitative estimate of drug-likeness (QED) is 0.818. The third-order valence-electron chi connectivity index (χ3n) is 5.14. The van der Waals surface area contributed by atoms with E-state index in [2.05, 4.69) is 5.32 Å². The monoisotopic (exact) mass is 367 g/mol. The van der Waals surface area contributed by atoms with Gasteiger partial charge in [0.25, 0.3) is 5.91 Å². The average Bonchev–Trinajstić information content (AvgIpc) is 2.88. The highest BCUT2D eigenvalue weighted by molar-refractivity contribution is 7.91. The molecule has 1 saturated heterocycles. The number of esters is 1. The van der Waals surface area contributed by atoms with Gasteiger partial charge >= 0.3 is 5.97 Å². The number of amides is 1. The Morgan fingerprint density at radius 2 is 1.52 bits per heavy atom. The van der Waals surface area contributed by atoms with Crippen LogP contribution in [0.3, 0.4) is 0 Å². The number of sulfone groups is 1. The van der Waals surface area contributed by atoms with E-state index in [1.165, 1.54) is 0 Å². The predicted molar refractivity (Wildman–Crippen MR) is 95.6 cm³/mol. The molecule has 1 aromatic carbocycles. The average molecular weight is 367 g/mol. The van der Waals surface area contributed by atoms with Crippen LogP contribution in [-0.2, 0) is 19.4 Å². The topological polar surface area (TPSA) is 89.5 Å². The zero-order valence-corrected chi connectivity index (χ0v) is 16.2. The summed E-state index contributed by atoms with van der Waals surface area (Å²) < 4.78 is 28.0. The van der Waals surface area contributed by atoms with E-state index >= 15 is 0 Å². The number of hydrogen-bond donors (Lipinski definition) is 1. The fourth-order valence-electron chi connectivity index (χ4n) is 3.19. The van der Waals surface area contributed by atoms with E-state index in [1.54, 1.807) is 0 Å². The van der Waals surface area contributed by atoms with Crippen LogP contribution >= 0.6 is 0 Å². The lowest BCUT2D eigenvalue weighted by atomic mass is 9.90. The van der Waals surface area contributed by atoms with Crippen LogP contribution in [0.25, 0.3) is 0 Å². The second-order valence-corrected chi connectivity index (χ2v) is 8.97. The number of carbonyl (C=O) groups is 2. The first-order valence-electron chi connectivity index (χ1n) is 8.27. The summed E-state index contributed by atoms with van der Waals surface area (Å²) in [6, 6.07) is -0.400. The van der Waals surface area contributed by atoms with Gasteiger partial charge in [0.15, 0.2) is 16.4 Å². The van der Waals surface area contributed by atoms with E-state index in [0.717, 1.165) is 27.8 Å². The number of nitrogens with one attached hydrogen (secondary N) is 1. The maximum Gasteiger partial charge on any atom is 0.339 e. The Morgan fingerprint density at radius 1 is 1.00 bits per heavy atom. The number of benzene rings is 1. The van der Waals surface area contributed by atoms with Crippen molar-refractivity contribution >= 4 is 21.7 Å². The molecule has 1 aromatic rings. The molecular formula is C18H25NO5S. The molecule has 0 aromatic heterocycles. The fraction of sp³-hybridized carbons (Fsp3) is 0.556. The van der Waals surface area contributed by atoms with Crippen LogP contribution in [0.2, 0.25) is 0 Å². The van der Waals surface area contributed by atoms with E-state index in [-0.39, 0.29) is 11.5 Å². The van der Waals surface area contributed by atoms with Crippen molar-refractivity contribution in [2.75, 3.05) is 18.1 Å². The molecule has 1 aliphatic heterocycles. The Hall–Kier alpha value is -1.89. The molecule has 0 saturated carbocycles. The molecule has 0 unspecified atom stereocenters. The summed E-state index contributed by atoms with van der Waals surface area (Å²) in [5.74, 6) is -0.985. The second kappa shape index (κ2) is 7.15. The SMILES string of the molecule is Cc1c(C)c(C)c(C(=O)OCC(=O)N[C@H]2CCS(=O)(=O)C2)c(C)c1C. The van der Waals surface area contributed by atoms with Gasteiger partial charge in [0, 0.05) is 6.04 Å². The van der Waals surface area contributed by atoms with Crippen LogP contribution in [0.4, 0.5) is 0 Å². The summed E-state index contributed by atoms with van der Waals surface area (Å²) in [6.07, 6.45) is 0.399. The highest BCUT2D eigenvalue weighted by Crippen LogP contribution is 2.26. The molecule has 1 amide bonds. The summed E-state index contributed by atoms with van der Waals surface area (Å²) in [5, 5.41) is 2.61. The molecule has 1 heterocycles. The summed E-state index contributed by atoms with van der Waals surface area (Å²) in [4.78, 5) is 24.4. The molecule has 2 rings (SSSR count). The van der Waals surface area contributed by atoms with Crippen molar-refractivity contribution in [3.8, 4) is 0 Å². The molecule has 0 aliphatic carbocycles. The molecule has 1 N–H and O–H groups in total. The first kappa shape index (κ1) is 19.4. The first-order chi connectivity index (χ1) is 11.5. The molecule has 0 radical (unpaired) electrons. The van der Waals surface area contributed by atoms with Crippen LogP contribution < -0.4 is 5.32 Å². The minimum Gasteiger partial charge on any atom is -0.452 e. The van der Waals surface area contributed by atoms with E-state index in [4.69, 9.17) is 4.74 Å². The largest absolute Gasteiger partial charge is 0.452 e. The zero-order chi connectivity index (χ0) is 18.9. The van der Waals surface area contributed by atoms with Gasteiger partial charge in [-0.25, -0.2) is 13.2 Å². The van der Waals surface area contributed by atoms with Gasteiger partial charge in [-0.3, -0.25) is 4.79 Å². The van der Waals surface area contributed by atoms with E-state index in [0.29, 0.717) is 12.0 Å². The fourth-order valence-corrected chi connectivity index (χ4v) is 4.86. The van der Waals surface area contributed by atoms with Crippen LogP contribution in [0, 0.1) is 34.6 Å². The van der Waals surface area contributed by atoms with E-state index in [9.17, 15) is 18.0 Å². The molecular weight excluding hydrogens is 342 g/mol. The van der Waals surface area contributed by atoms with Gasteiger partial charge in [-0.1, -0.05) is 0 Å². The standard InChI is InChI=1S/C18H25NO5S/c1-10-11(2)13(4)17(14(5)12(10)3)18(21)24-8-16(20)19-15-6-7-25(22,23)9-15/h15H,6-9H2,1-5H3,(H,19,20)/t15-/m0/s1. The maximum absolute atomic E-state index is 12.4. The summed E-state index contributed by atoms with van der Waals surface area (Å²) >= 11 is 0. The van der Waals surface area contributed by atoms with Crippen molar-refractivity contribution in [3.63, 3.8) is 0 Å². The molecule has 1 fully saturated rings. The summed E-state index contributed by atoms with van der Waals surface area (Å²) in [5.41, 5.74) is 5.43. The number of hydrogen-bond acceptors (Lipinski definition) is 5. The van der Waals surface area contributed by atoms with Crippen LogP contribution in [-0.4, -0.2) is 44.4 Å². The third kappa shape index (κ3) is 4.21. The lowest BCUT2D eigenvalue weighted by molar-refractivity contribution is -0.124. The number of rotatable bonds is 4. The lowest BCUT2D eigenvalue weighted by Crippen LogP contribution is -2.38. The summed E-state index contributed by atoms with van der Waals surface area (Å²) in [6.45, 7) is 9.26. The molecule has 1 atom stereocenters. The predicted octanol–water partition coefficient (Wildman–Crippen LogP) is 1.69. The number of carbonyl (C=O) groups excluding carboxylic acids is 2. The van der Waals surface area contributed by atoms with Crippen LogP contribution in [0.1, 0.15) is 44.6 Å². The highest BCUT2D eigenvalue weighted by Gasteiger charge is 2.29. The second-order valence-electron chi connectivity index (χ2n) is 6.74.